The van der Waals surface area contributed by atoms with Crippen LogP contribution in [0.3, 0.4) is 0 Å². The lowest BCUT2D eigenvalue weighted by Gasteiger charge is -2.48. The zero-order valence-electron chi connectivity index (χ0n) is 32.2. The molecule has 16 nitrogen and oxygen atoms in total. The molecule has 1 saturated carbocycles. The highest BCUT2D eigenvalue weighted by Gasteiger charge is 2.53. The molecule has 4 aliphatic rings. The highest BCUT2D eigenvalue weighted by molar-refractivity contribution is 5.89. The van der Waals surface area contributed by atoms with Crippen molar-refractivity contribution in [3.8, 4) is 0 Å². The number of carbonyl (C=O) groups is 3. The Bertz CT molecular complexity index is 1390. The van der Waals surface area contributed by atoms with Crippen LogP contribution in [-0.2, 0) is 38.0 Å². The van der Waals surface area contributed by atoms with E-state index < -0.39 is 98.2 Å². The minimum Gasteiger partial charge on any atom is -0.450 e. The third kappa shape index (κ3) is 10.5. The van der Waals surface area contributed by atoms with E-state index in [4.69, 9.17) is 28.4 Å². The molecule has 1 aromatic rings. The minimum absolute atomic E-state index is 0.0173. The van der Waals surface area contributed by atoms with Gasteiger partial charge in [0, 0.05) is 25.4 Å². The van der Waals surface area contributed by atoms with E-state index in [1.54, 1.807) is 35.2 Å². The highest BCUT2D eigenvalue weighted by Crippen LogP contribution is 2.39. The molecular weight excluding hydrogens is 720 g/mol. The molecule has 0 radical (unpaired) electrons. The van der Waals surface area contributed by atoms with Crippen LogP contribution in [0.5, 0.6) is 0 Å². The number of ether oxygens (including phenoxy) is 6. The number of rotatable bonds is 17. The lowest BCUT2D eigenvalue weighted by Crippen LogP contribution is -2.64. The van der Waals surface area contributed by atoms with Gasteiger partial charge in [-0.15, -0.1) is 0 Å². The number of aliphatic hydroxyl groups is 5. The average Bonchev–Trinajstić information content (AvgIpc) is 3.15. The Kier molecular flexibility index (Phi) is 16.0. The summed E-state index contributed by atoms with van der Waals surface area (Å²) in [5.41, 5.74) is 0.193. The summed E-state index contributed by atoms with van der Waals surface area (Å²) < 4.78 is 37.4. The van der Waals surface area contributed by atoms with Crippen LogP contribution in [0.15, 0.2) is 30.3 Å². The maximum Gasteiger partial charge on any atom is 0.338 e. The summed E-state index contributed by atoms with van der Waals surface area (Å²) in [7, 11) is 1.81. The van der Waals surface area contributed by atoms with E-state index in [2.05, 4.69) is 5.32 Å². The van der Waals surface area contributed by atoms with Crippen LogP contribution < -0.4 is 5.32 Å². The van der Waals surface area contributed by atoms with Gasteiger partial charge in [0.2, 0.25) is 0 Å². The van der Waals surface area contributed by atoms with Gasteiger partial charge in [-0.3, -0.25) is 9.59 Å². The van der Waals surface area contributed by atoms with E-state index in [0.717, 1.165) is 6.42 Å². The van der Waals surface area contributed by atoms with Crippen LogP contribution in [0.4, 0.5) is 0 Å². The van der Waals surface area contributed by atoms with Gasteiger partial charge in [-0.2, -0.15) is 0 Å². The van der Waals surface area contributed by atoms with Crippen LogP contribution in [0.1, 0.15) is 76.1 Å². The van der Waals surface area contributed by atoms with Crippen molar-refractivity contribution in [2.45, 2.75) is 145 Å². The Morgan fingerprint density at radius 3 is 2.27 bits per heavy atom. The van der Waals surface area contributed by atoms with Crippen molar-refractivity contribution in [3.05, 3.63) is 35.9 Å². The van der Waals surface area contributed by atoms with Gasteiger partial charge < -0.3 is 64.2 Å². The minimum atomic E-state index is -1.61. The first-order valence-electron chi connectivity index (χ1n) is 19.7. The maximum absolute atomic E-state index is 13.7. The number of amides is 1. The standard InChI is InChI=1S/C39H60N2O14/c1-5-11-26(36(48)41-16-10-17-41)51-34-30(45)28(20-42)53-39(35(34)54-37(49)23-12-7-6-8-13-23)52-27-19-24(25(43)14-9-15-40-4)18-21(2)33(27)55-38-32(47)31(46)29(44)22(3)50-38/h6-8,12-13,21-22,24,26-35,38-40,42,44-47H,5,9-11,14-20H2,1-4H3/t21?,22?,24?,26-,27+,28-,29+,30-,31-,32?,33+,34?,35?,38-,39+/m0/s1. The van der Waals surface area contributed by atoms with E-state index >= 15 is 0 Å². The fraction of sp³-hybridized carbons (Fsp3) is 0.769. The number of benzene rings is 1. The van der Waals surface area contributed by atoms with Gasteiger partial charge in [-0.25, -0.2) is 4.79 Å². The molecule has 55 heavy (non-hydrogen) atoms. The second-order valence-electron chi connectivity index (χ2n) is 15.3. The zero-order chi connectivity index (χ0) is 39.8. The molecule has 3 heterocycles. The topological polar surface area (TPSA) is 223 Å². The van der Waals surface area contributed by atoms with Gasteiger partial charge in [0.1, 0.15) is 48.5 Å². The third-order valence-electron chi connectivity index (χ3n) is 11.2. The van der Waals surface area contributed by atoms with E-state index in [-0.39, 0.29) is 29.6 Å². The van der Waals surface area contributed by atoms with E-state index in [0.29, 0.717) is 51.7 Å². The van der Waals surface area contributed by atoms with Crippen LogP contribution in [0, 0.1) is 11.8 Å². The fourth-order valence-corrected chi connectivity index (χ4v) is 7.81. The Hall–Kier alpha value is -2.61. The molecule has 0 bridgehead atoms. The van der Waals surface area contributed by atoms with Crippen molar-refractivity contribution in [2.24, 2.45) is 11.8 Å². The van der Waals surface area contributed by atoms with Crippen molar-refractivity contribution in [3.63, 3.8) is 0 Å². The normalized spacial score (nSPS) is 37.1. The molecule has 1 aromatic carbocycles. The Morgan fingerprint density at radius 2 is 1.64 bits per heavy atom. The first kappa shape index (κ1) is 43.5. The number of esters is 1. The number of carbonyl (C=O) groups excluding carboxylic acids is 3. The molecule has 0 spiro atoms. The van der Waals surface area contributed by atoms with E-state index in [1.807, 2.05) is 20.9 Å². The summed E-state index contributed by atoms with van der Waals surface area (Å²) in [6.45, 7) is 6.40. The number of aliphatic hydroxyl groups excluding tert-OH is 5. The Labute approximate surface area is 322 Å². The first-order chi connectivity index (χ1) is 26.4. The van der Waals surface area contributed by atoms with Crippen molar-refractivity contribution in [1.82, 2.24) is 10.2 Å². The van der Waals surface area contributed by atoms with Crippen molar-refractivity contribution in [1.29, 1.82) is 0 Å². The first-order valence-corrected chi connectivity index (χ1v) is 19.7. The second-order valence-corrected chi connectivity index (χ2v) is 15.3. The van der Waals surface area contributed by atoms with Crippen LogP contribution in [0.2, 0.25) is 0 Å². The Balaban J connectivity index is 1.49. The summed E-state index contributed by atoms with van der Waals surface area (Å²) in [4.78, 5) is 42.4. The van der Waals surface area contributed by atoms with Crippen LogP contribution in [-0.4, -0.2) is 161 Å². The number of hydrogen-bond acceptors (Lipinski definition) is 15. The Morgan fingerprint density at radius 1 is 0.909 bits per heavy atom. The summed E-state index contributed by atoms with van der Waals surface area (Å²) in [5, 5.41) is 56.8. The van der Waals surface area contributed by atoms with Gasteiger partial charge in [-0.05, 0) is 70.7 Å². The number of nitrogens with zero attached hydrogens (tertiary/aromatic N) is 1. The smallest absolute Gasteiger partial charge is 0.338 e. The molecule has 1 amide bonds. The number of nitrogens with one attached hydrogen (secondary N) is 1. The predicted molar refractivity (Wildman–Crippen MR) is 194 cm³/mol. The number of likely N-dealkylation sites (tertiary alicyclic amines) is 1. The highest BCUT2D eigenvalue weighted by atomic mass is 16.7. The maximum atomic E-state index is 13.7. The molecular formula is C39H60N2O14. The molecule has 5 rings (SSSR count). The quantitative estimate of drug-likeness (QED) is 0.0924. The third-order valence-corrected chi connectivity index (χ3v) is 11.2. The van der Waals surface area contributed by atoms with Gasteiger partial charge in [-0.1, -0.05) is 38.5 Å². The second kappa shape index (κ2) is 20.2. The van der Waals surface area contributed by atoms with Crippen molar-refractivity contribution in [2.75, 3.05) is 33.3 Å². The van der Waals surface area contributed by atoms with Gasteiger partial charge >= 0.3 is 5.97 Å². The molecule has 6 N–H and O–H groups in total. The monoisotopic (exact) mass is 780 g/mol. The summed E-state index contributed by atoms with van der Waals surface area (Å²) in [6.07, 6.45) is -13.7. The molecule has 3 saturated heterocycles. The predicted octanol–water partition coefficient (Wildman–Crippen LogP) is 0.289. The van der Waals surface area contributed by atoms with Crippen LogP contribution in [0.25, 0.3) is 0 Å². The SMILES string of the molecule is CCC[C@H](OC1C(OC(=O)c2ccccc2)[C@H](O[C@@H]2CC(C(=O)CCCNC)CC(C)[C@H]2O[C@@H]2OC(C)[C@@H](O)[C@H](O)C2O)O[C@@H](CO)[C@@H]1O)C(=O)N1CCC1. The lowest BCUT2D eigenvalue weighted by atomic mass is 9.75. The fourth-order valence-electron chi connectivity index (χ4n) is 7.81. The van der Waals surface area contributed by atoms with Gasteiger partial charge in [0.25, 0.3) is 5.91 Å². The molecule has 4 fully saturated rings. The number of hydrogen-bond donors (Lipinski definition) is 6. The van der Waals surface area contributed by atoms with Crippen molar-refractivity contribution >= 4 is 17.7 Å². The molecule has 0 aromatic heterocycles. The summed E-state index contributed by atoms with van der Waals surface area (Å²) in [5.74, 6) is -1.88. The number of ketones is 1. The molecule has 310 valence electrons. The largest absolute Gasteiger partial charge is 0.450 e. The summed E-state index contributed by atoms with van der Waals surface area (Å²) >= 11 is 0. The van der Waals surface area contributed by atoms with E-state index in [1.165, 1.54) is 6.92 Å². The number of Topliss-reactive ketones (excluding diaryl/α,β-unsaturated/α-hetero) is 1. The average molecular weight is 781 g/mol. The van der Waals surface area contributed by atoms with Crippen molar-refractivity contribution < 1.29 is 68.3 Å². The van der Waals surface area contributed by atoms with Crippen LogP contribution >= 0.6 is 0 Å². The van der Waals surface area contributed by atoms with Gasteiger partial charge in [0.15, 0.2) is 18.7 Å². The molecule has 6 unspecified atom stereocenters. The molecule has 16 heteroatoms. The molecule has 1 aliphatic carbocycles. The zero-order valence-corrected chi connectivity index (χ0v) is 32.2. The molecule has 3 aliphatic heterocycles. The molecule has 15 atom stereocenters. The van der Waals surface area contributed by atoms with Gasteiger partial charge in [0.05, 0.1) is 30.5 Å². The van der Waals surface area contributed by atoms with E-state index in [9.17, 15) is 39.9 Å². The summed E-state index contributed by atoms with van der Waals surface area (Å²) in [6, 6.07) is 8.16. The lowest BCUT2D eigenvalue weighted by molar-refractivity contribution is -0.349.